The molecule has 0 fully saturated rings. The Kier molecular flexibility index (Phi) is 5.75. The zero-order chi connectivity index (χ0) is 18.5. The van der Waals surface area contributed by atoms with E-state index in [0.29, 0.717) is 15.6 Å². The number of carbonyl (C=O) groups excluding carboxylic acids is 2. The summed E-state index contributed by atoms with van der Waals surface area (Å²) in [7, 11) is 1.57. The minimum absolute atomic E-state index is 0.282. The van der Waals surface area contributed by atoms with Gasteiger partial charge in [-0.2, -0.15) is 0 Å². The number of benzene rings is 2. The molecule has 3 aromatic rings. The second-order valence-corrected chi connectivity index (χ2v) is 6.84. The molecular weight excluding hydrogens is 374 g/mol. The fourth-order valence-electron chi connectivity index (χ4n) is 2.44. The Morgan fingerprint density at radius 3 is 2.62 bits per heavy atom. The van der Waals surface area contributed by atoms with Crippen LogP contribution >= 0.6 is 22.9 Å². The van der Waals surface area contributed by atoms with Crippen molar-refractivity contribution in [3.05, 3.63) is 64.0 Å². The maximum atomic E-state index is 12.2. The number of thiophene rings is 1. The van der Waals surface area contributed by atoms with Crippen molar-refractivity contribution < 1.29 is 19.1 Å². The van der Waals surface area contributed by atoms with Gasteiger partial charge in [0.25, 0.3) is 5.91 Å². The summed E-state index contributed by atoms with van der Waals surface area (Å²) in [5.74, 6) is -0.327. The van der Waals surface area contributed by atoms with Gasteiger partial charge in [0.05, 0.1) is 12.1 Å². The van der Waals surface area contributed by atoms with Crippen LogP contribution in [0.3, 0.4) is 0 Å². The van der Waals surface area contributed by atoms with E-state index in [0.717, 1.165) is 15.6 Å². The first-order chi connectivity index (χ1) is 12.6. The Morgan fingerprint density at radius 1 is 1.12 bits per heavy atom. The quantitative estimate of drug-likeness (QED) is 0.646. The summed E-state index contributed by atoms with van der Waals surface area (Å²) >= 11 is 7.48. The highest BCUT2D eigenvalue weighted by Gasteiger charge is 2.19. The number of nitrogens with one attached hydrogen (secondary N) is 1. The third-order valence-corrected chi connectivity index (χ3v) is 5.38. The molecule has 0 aliphatic heterocycles. The zero-order valence-electron chi connectivity index (χ0n) is 14.0. The summed E-state index contributed by atoms with van der Waals surface area (Å²) in [4.78, 5) is 24.5. The molecule has 0 unspecified atom stereocenters. The van der Waals surface area contributed by atoms with Gasteiger partial charge in [-0.3, -0.25) is 4.79 Å². The maximum Gasteiger partial charge on any atom is 0.350 e. The van der Waals surface area contributed by atoms with Gasteiger partial charge in [-0.05, 0) is 12.1 Å². The van der Waals surface area contributed by atoms with E-state index in [2.05, 4.69) is 5.32 Å². The molecule has 1 amide bonds. The van der Waals surface area contributed by atoms with E-state index in [-0.39, 0.29) is 13.2 Å². The molecule has 0 radical (unpaired) electrons. The molecule has 7 heteroatoms. The number of fused-ring (bicyclic) bond motifs is 1. The first-order valence-electron chi connectivity index (χ1n) is 7.83. The van der Waals surface area contributed by atoms with E-state index >= 15 is 0 Å². The standard InChI is InChI=1S/C19H16ClNO4S/c1-24-14-8-4-2-6-12(14)10-21-16(22)11-25-19(23)18-17(20)13-7-3-5-9-15(13)26-18/h2-9H,10-11H2,1H3,(H,21,22). The molecule has 1 heterocycles. The van der Waals surface area contributed by atoms with Crippen LogP contribution in [0, 0.1) is 0 Å². The van der Waals surface area contributed by atoms with Crippen molar-refractivity contribution in [1.29, 1.82) is 0 Å². The van der Waals surface area contributed by atoms with Crippen LogP contribution < -0.4 is 10.1 Å². The van der Waals surface area contributed by atoms with Crippen LogP contribution in [0.15, 0.2) is 48.5 Å². The van der Waals surface area contributed by atoms with Crippen molar-refractivity contribution in [3.8, 4) is 5.75 Å². The highest BCUT2D eigenvalue weighted by Crippen LogP contribution is 2.35. The molecular formula is C19H16ClNO4S. The van der Waals surface area contributed by atoms with Gasteiger partial charge in [-0.1, -0.05) is 48.0 Å². The van der Waals surface area contributed by atoms with E-state index in [1.807, 2.05) is 48.5 Å². The molecule has 26 heavy (non-hydrogen) atoms. The van der Waals surface area contributed by atoms with Crippen molar-refractivity contribution >= 4 is 44.9 Å². The lowest BCUT2D eigenvalue weighted by molar-refractivity contribution is -0.124. The molecule has 1 aromatic heterocycles. The minimum Gasteiger partial charge on any atom is -0.496 e. The van der Waals surface area contributed by atoms with Gasteiger partial charge in [-0.15, -0.1) is 11.3 Å². The van der Waals surface area contributed by atoms with Gasteiger partial charge in [0.1, 0.15) is 10.6 Å². The topological polar surface area (TPSA) is 64.6 Å². The van der Waals surface area contributed by atoms with Crippen molar-refractivity contribution in [2.24, 2.45) is 0 Å². The van der Waals surface area contributed by atoms with Gasteiger partial charge in [0.15, 0.2) is 6.61 Å². The number of hydrogen-bond donors (Lipinski definition) is 1. The molecule has 0 spiro atoms. The van der Waals surface area contributed by atoms with Crippen molar-refractivity contribution in [2.75, 3.05) is 13.7 Å². The smallest absolute Gasteiger partial charge is 0.350 e. The largest absolute Gasteiger partial charge is 0.496 e. The predicted octanol–water partition coefficient (Wildman–Crippen LogP) is 4.04. The normalized spacial score (nSPS) is 10.5. The van der Waals surface area contributed by atoms with Crippen molar-refractivity contribution in [1.82, 2.24) is 5.32 Å². The first kappa shape index (κ1) is 18.2. The van der Waals surface area contributed by atoms with E-state index in [1.165, 1.54) is 11.3 Å². The number of amides is 1. The number of rotatable bonds is 6. The molecule has 1 N–H and O–H groups in total. The third kappa shape index (κ3) is 3.98. The molecule has 5 nitrogen and oxygen atoms in total. The van der Waals surface area contributed by atoms with Crippen molar-refractivity contribution in [3.63, 3.8) is 0 Å². The molecule has 0 aliphatic carbocycles. The molecule has 134 valence electrons. The molecule has 0 aliphatic rings. The molecule has 3 rings (SSSR count). The summed E-state index contributed by atoms with van der Waals surface area (Å²) in [6.07, 6.45) is 0. The summed E-state index contributed by atoms with van der Waals surface area (Å²) < 4.78 is 11.2. The van der Waals surface area contributed by atoms with Crippen LogP contribution in [-0.4, -0.2) is 25.6 Å². The zero-order valence-corrected chi connectivity index (χ0v) is 15.5. The Labute approximate surface area is 159 Å². The number of ether oxygens (including phenoxy) is 2. The van der Waals surface area contributed by atoms with Crippen LogP contribution in [-0.2, 0) is 16.1 Å². The molecule has 0 saturated heterocycles. The fraction of sp³-hybridized carbons (Fsp3) is 0.158. The Morgan fingerprint density at radius 2 is 1.85 bits per heavy atom. The minimum atomic E-state index is -0.608. The summed E-state index contributed by atoms with van der Waals surface area (Å²) in [5, 5.41) is 3.85. The average molecular weight is 390 g/mol. The van der Waals surface area contributed by atoms with E-state index in [4.69, 9.17) is 21.1 Å². The van der Waals surface area contributed by atoms with Crippen LogP contribution in [0.2, 0.25) is 5.02 Å². The molecule has 0 atom stereocenters. The van der Waals surface area contributed by atoms with Crippen LogP contribution in [0.25, 0.3) is 10.1 Å². The Balaban J connectivity index is 1.57. The van der Waals surface area contributed by atoms with Crippen LogP contribution in [0.4, 0.5) is 0 Å². The maximum absolute atomic E-state index is 12.2. The lowest BCUT2D eigenvalue weighted by atomic mass is 10.2. The van der Waals surface area contributed by atoms with Gasteiger partial charge in [-0.25, -0.2) is 4.79 Å². The second-order valence-electron chi connectivity index (χ2n) is 5.41. The Bertz CT molecular complexity index is 954. The van der Waals surface area contributed by atoms with Crippen LogP contribution in [0.1, 0.15) is 15.2 Å². The average Bonchev–Trinajstić information content (AvgIpc) is 3.01. The number of esters is 1. The lowest BCUT2D eigenvalue weighted by Crippen LogP contribution is -2.28. The number of halogens is 1. The van der Waals surface area contributed by atoms with Crippen molar-refractivity contribution in [2.45, 2.75) is 6.54 Å². The monoisotopic (exact) mass is 389 g/mol. The van der Waals surface area contributed by atoms with E-state index in [9.17, 15) is 9.59 Å². The summed E-state index contributed by atoms with van der Waals surface area (Å²) in [5.41, 5.74) is 0.835. The highest BCUT2D eigenvalue weighted by atomic mass is 35.5. The molecule has 0 saturated carbocycles. The first-order valence-corrected chi connectivity index (χ1v) is 9.02. The van der Waals surface area contributed by atoms with Gasteiger partial charge in [0, 0.05) is 22.2 Å². The lowest BCUT2D eigenvalue weighted by Gasteiger charge is -2.09. The Hall–Kier alpha value is -2.57. The highest BCUT2D eigenvalue weighted by molar-refractivity contribution is 7.21. The second kappa shape index (κ2) is 8.21. The fourth-order valence-corrected chi connectivity index (χ4v) is 3.84. The summed E-state index contributed by atoms with van der Waals surface area (Å²) in [6.45, 7) is -0.0946. The van der Waals surface area contributed by atoms with Gasteiger partial charge < -0.3 is 14.8 Å². The van der Waals surface area contributed by atoms with E-state index < -0.39 is 11.9 Å². The van der Waals surface area contributed by atoms with E-state index in [1.54, 1.807) is 7.11 Å². The number of para-hydroxylation sites is 1. The number of hydrogen-bond acceptors (Lipinski definition) is 5. The van der Waals surface area contributed by atoms with Gasteiger partial charge >= 0.3 is 5.97 Å². The van der Waals surface area contributed by atoms with Crippen LogP contribution in [0.5, 0.6) is 5.75 Å². The summed E-state index contributed by atoms with van der Waals surface area (Å²) in [6, 6.07) is 14.8. The third-order valence-electron chi connectivity index (χ3n) is 3.72. The predicted molar refractivity (Wildman–Crippen MR) is 102 cm³/mol. The SMILES string of the molecule is COc1ccccc1CNC(=O)COC(=O)c1sc2ccccc2c1Cl. The number of carbonyl (C=O) groups is 2. The molecule has 2 aromatic carbocycles. The number of methoxy groups -OCH3 is 1. The molecule has 0 bridgehead atoms. The van der Waals surface area contributed by atoms with Gasteiger partial charge in [0.2, 0.25) is 0 Å².